The van der Waals surface area contributed by atoms with Gasteiger partial charge >= 0.3 is 0 Å². The van der Waals surface area contributed by atoms with E-state index in [4.69, 9.17) is 9.47 Å². The Hall–Kier alpha value is -2.24. The summed E-state index contributed by atoms with van der Waals surface area (Å²) in [5.41, 5.74) is 3.48. The van der Waals surface area contributed by atoms with Crippen molar-refractivity contribution in [3.8, 4) is 11.5 Å². The molecule has 1 saturated heterocycles. The van der Waals surface area contributed by atoms with Gasteiger partial charge in [0.05, 0.1) is 12.8 Å². The van der Waals surface area contributed by atoms with Crippen LogP contribution in [-0.2, 0) is 0 Å². The number of aryl methyl sites for hydroxylation is 2. The fourth-order valence-corrected chi connectivity index (χ4v) is 3.62. The summed E-state index contributed by atoms with van der Waals surface area (Å²) in [7, 11) is 1.71. The van der Waals surface area contributed by atoms with Crippen LogP contribution in [0.25, 0.3) is 0 Å². The fraction of sp³-hybridized carbons (Fsp3) is 0.455. The number of piperazine rings is 1. The van der Waals surface area contributed by atoms with Crippen molar-refractivity contribution >= 4 is 5.69 Å². The number of aliphatic hydroxyl groups is 1. The molecule has 27 heavy (non-hydrogen) atoms. The molecule has 5 nitrogen and oxygen atoms in total. The van der Waals surface area contributed by atoms with Gasteiger partial charge in [-0.3, -0.25) is 4.90 Å². The van der Waals surface area contributed by atoms with E-state index in [1.54, 1.807) is 7.11 Å². The molecule has 0 aromatic heterocycles. The third-order valence-corrected chi connectivity index (χ3v) is 4.90. The van der Waals surface area contributed by atoms with Gasteiger partial charge in [0.2, 0.25) is 0 Å². The van der Waals surface area contributed by atoms with Gasteiger partial charge in [-0.15, -0.1) is 0 Å². The van der Waals surface area contributed by atoms with E-state index >= 15 is 0 Å². The average Bonchev–Trinajstić information content (AvgIpc) is 2.66. The average molecular weight is 370 g/mol. The molecule has 1 aliphatic heterocycles. The van der Waals surface area contributed by atoms with Crippen molar-refractivity contribution in [2.45, 2.75) is 20.0 Å². The van der Waals surface area contributed by atoms with Crippen molar-refractivity contribution in [3.63, 3.8) is 0 Å². The highest BCUT2D eigenvalue weighted by atomic mass is 16.5. The molecule has 1 fully saturated rings. The molecule has 0 amide bonds. The molecule has 1 aliphatic rings. The van der Waals surface area contributed by atoms with Crippen LogP contribution in [0.3, 0.4) is 0 Å². The van der Waals surface area contributed by atoms with Crippen LogP contribution in [0.2, 0.25) is 0 Å². The van der Waals surface area contributed by atoms with E-state index in [-0.39, 0.29) is 0 Å². The third kappa shape index (κ3) is 5.37. The first-order chi connectivity index (χ1) is 13.0. The Bertz CT molecular complexity index is 722. The lowest BCUT2D eigenvalue weighted by Gasteiger charge is -2.37. The first-order valence-corrected chi connectivity index (χ1v) is 9.54. The highest BCUT2D eigenvalue weighted by Crippen LogP contribution is 2.28. The molecule has 0 unspecified atom stereocenters. The zero-order valence-corrected chi connectivity index (χ0v) is 16.5. The molecular formula is C22H30N2O3. The molecule has 0 saturated carbocycles. The predicted molar refractivity (Wildman–Crippen MR) is 109 cm³/mol. The summed E-state index contributed by atoms with van der Waals surface area (Å²) in [6, 6.07) is 14.3. The van der Waals surface area contributed by atoms with Crippen LogP contribution in [0.5, 0.6) is 11.5 Å². The molecule has 0 radical (unpaired) electrons. The fourth-order valence-electron chi connectivity index (χ4n) is 3.62. The number of methoxy groups -OCH3 is 1. The number of nitrogens with zero attached hydrogens (tertiary/aromatic N) is 2. The largest absolute Gasteiger partial charge is 0.495 e. The van der Waals surface area contributed by atoms with E-state index in [1.807, 2.05) is 30.3 Å². The number of benzene rings is 2. The zero-order chi connectivity index (χ0) is 19.2. The van der Waals surface area contributed by atoms with Gasteiger partial charge in [0.1, 0.15) is 24.2 Å². The van der Waals surface area contributed by atoms with Crippen molar-refractivity contribution in [1.82, 2.24) is 4.90 Å². The van der Waals surface area contributed by atoms with E-state index in [9.17, 15) is 5.11 Å². The molecule has 1 N–H and O–H groups in total. The first-order valence-electron chi connectivity index (χ1n) is 9.54. The van der Waals surface area contributed by atoms with E-state index in [0.29, 0.717) is 13.2 Å². The van der Waals surface area contributed by atoms with Crippen LogP contribution < -0.4 is 14.4 Å². The molecule has 0 aliphatic carbocycles. The van der Waals surface area contributed by atoms with Gasteiger partial charge in [0.15, 0.2) is 0 Å². The monoisotopic (exact) mass is 370 g/mol. The van der Waals surface area contributed by atoms with Gasteiger partial charge in [-0.2, -0.15) is 0 Å². The number of para-hydroxylation sites is 2. The number of anilines is 1. The molecule has 1 heterocycles. The summed E-state index contributed by atoms with van der Waals surface area (Å²) in [5, 5.41) is 10.4. The van der Waals surface area contributed by atoms with Crippen molar-refractivity contribution in [1.29, 1.82) is 0 Å². The van der Waals surface area contributed by atoms with Crippen LogP contribution in [0.15, 0.2) is 42.5 Å². The molecule has 2 aromatic carbocycles. The molecule has 3 rings (SSSR count). The summed E-state index contributed by atoms with van der Waals surface area (Å²) >= 11 is 0. The lowest BCUT2D eigenvalue weighted by Crippen LogP contribution is -2.49. The summed E-state index contributed by atoms with van der Waals surface area (Å²) in [6.45, 7) is 8.72. The van der Waals surface area contributed by atoms with Crippen LogP contribution in [0.4, 0.5) is 5.69 Å². The standard InChI is InChI=1S/C22H30N2O3/c1-17-12-18(2)14-20(13-17)27-16-19(25)15-23-8-10-24(11-9-23)21-6-4-5-7-22(21)26-3/h4-7,12-14,19,25H,8-11,15-16H2,1-3H3/t19-/m0/s1. The summed E-state index contributed by atoms with van der Waals surface area (Å²) in [5.74, 6) is 1.74. The minimum Gasteiger partial charge on any atom is -0.495 e. The Morgan fingerprint density at radius 3 is 2.33 bits per heavy atom. The molecule has 0 spiro atoms. The minimum atomic E-state index is -0.497. The van der Waals surface area contributed by atoms with E-state index in [0.717, 1.165) is 43.4 Å². The Balaban J connectivity index is 1.46. The van der Waals surface area contributed by atoms with Gasteiger partial charge in [-0.25, -0.2) is 0 Å². The summed E-state index contributed by atoms with van der Waals surface area (Å²) in [4.78, 5) is 4.63. The predicted octanol–water partition coefficient (Wildman–Crippen LogP) is 2.87. The highest BCUT2D eigenvalue weighted by molar-refractivity contribution is 5.58. The van der Waals surface area contributed by atoms with E-state index in [1.165, 1.54) is 11.1 Å². The van der Waals surface area contributed by atoms with Crippen molar-refractivity contribution in [2.75, 3.05) is 51.3 Å². The SMILES string of the molecule is COc1ccccc1N1CCN(C[C@H](O)COc2cc(C)cc(C)c2)CC1. The van der Waals surface area contributed by atoms with Crippen LogP contribution in [0, 0.1) is 13.8 Å². The smallest absolute Gasteiger partial charge is 0.142 e. The number of β-amino-alcohol motifs (C(OH)–C–C–N with tert-alkyl or cyclic N) is 1. The highest BCUT2D eigenvalue weighted by Gasteiger charge is 2.21. The van der Waals surface area contributed by atoms with Gasteiger partial charge < -0.3 is 19.5 Å². The number of hydrogen-bond donors (Lipinski definition) is 1. The first kappa shape index (κ1) is 19.5. The van der Waals surface area contributed by atoms with Crippen LogP contribution >= 0.6 is 0 Å². The Morgan fingerprint density at radius 1 is 1.00 bits per heavy atom. The second-order valence-electron chi connectivity index (χ2n) is 7.25. The van der Waals surface area contributed by atoms with Crippen molar-refractivity contribution in [2.24, 2.45) is 0 Å². The van der Waals surface area contributed by atoms with Crippen LogP contribution in [0.1, 0.15) is 11.1 Å². The van der Waals surface area contributed by atoms with E-state index in [2.05, 4.69) is 35.8 Å². The third-order valence-electron chi connectivity index (χ3n) is 4.90. The topological polar surface area (TPSA) is 45.2 Å². The lowest BCUT2D eigenvalue weighted by atomic mass is 10.1. The zero-order valence-electron chi connectivity index (χ0n) is 16.5. The van der Waals surface area contributed by atoms with Crippen molar-refractivity contribution < 1.29 is 14.6 Å². The second-order valence-corrected chi connectivity index (χ2v) is 7.25. The van der Waals surface area contributed by atoms with Gasteiger partial charge in [0, 0.05) is 32.7 Å². The lowest BCUT2D eigenvalue weighted by molar-refractivity contribution is 0.0662. The maximum atomic E-state index is 10.4. The Kier molecular flexibility index (Phi) is 6.58. The number of ether oxygens (including phenoxy) is 2. The molecule has 146 valence electrons. The minimum absolute atomic E-state index is 0.315. The molecule has 2 aromatic rings. The van der Waals surface area contributed by atoms with Crippen molar-refractivity contribution in [3.05, 3.63) is 53.6 Å². The molecule has 1 atom stereocenters. The van der Waals surface area contributed by atoms with Gasteiger partial charge in [-0.1, -0.05) is 18.2 Å². The summed E-state index contributed by atoms with van der Waals surface area (Å²) in [6.07, 6.45) is -0.497. The Labute approximate surface area is 162 Å². The molecule has 5 heteroatoms. The quantitative estimate of drug-likeness (QED) is 0.812. The Morgan fingerprint density at radius 2 is 1.67 bits per heavy atom. The number of rotatable bonds is 7. The maximum absolute atomic E-state index is 10.4. The van der Waals surface area contributed by atoms with E-state index < -0.39 is 6.10 Å². The van der Waals surface area contributed by atoms with Crippen LogP contribution in [-0.4, -0.2) is 62.6 Å². The number of aliphatic hydroxyl groups excluding tert-OH is 1. The normalized spacial score (nSPS) is 16.2. The van der Waals surface area contributed by atoms with Gasteiger partial charge in [0.25, 0.3) is 0 Å². The number of hydrogen-bond acceptors (Lipinski definition) is 5. The maximum Gasteiger partial charge on any atom is 0.142 e. The molecular weight excluding hydrogens is 340 g/mol. The summed E-state index contributed by atoms with van der Waals surface area (Å²) < 4.78 is 11.3. The second kappa shape index (κ2) is 9.11. The van der Waals surface area contributed by atoms with Gasteiger partial charge in [-0.05, 0) is 49.2 Å². The molecule has 0 bridgehead atoms.